The summed E-state index contributed by atoms with van der Waals surface area (Å²) < 4.78 is 20.6. The first kappa shape index (κ1) is 16.3. The lowest BCUT2D eigenvalue weighted by Crippen LogP contribution is -2.28. The molecule has 0 aromatic heterocycles. The van der Waals surface area contributed by atoms with Gasteiger partial charge >= 0.3 is 6.09 Å². The van der Waals surface area contributed by atoms with Crippen LogP contribution in [-0.4, -0.2) is 23.1 Å². The van der Waals surface area contributed by atoms with E-state index in [9.17, 15) is 14.3 Å². The third kappa shape index (κ3) is 2.94. The van der Waals surface area contributed by atoms with Crippen molar-refractivity contribution in [3.63, 3.8) is 0 Å². The van der Waals surface area contributed by atoms with Gasteiger partial charge in [-0.25, -0.2) is 9.18 Å². The van der Waals surface area contributed by atoms with Crippen LogP contribution in [0.5, 0.6) is 5.75 Å². The van der Waals surface area contributed by atoms with E-state index in [4.69, 9.17) is 4.74 Å². The fourth-order valence-corrected chi connectivity index (χ4v) is 3.25. The highest BCUT2D eigenvalue weighted by Gasteiger charge is 2.32. The highest BCUT2D eigenvalue weighted by Crippen LogP contribution is 2.41. The molecule has 0 saturated heterocycles. The van der Waals surface area contributed by atoms with E-state index < -0.39 is 6.09 Å². The molecule has 0 spiro atoms. The number of ether oxygens (including phenoxy) is 1. The number of fused-ring (bicyclic) bond motifs is 1. The maximum absolute atomic E-state index is 14.9. The lowest BCUT2D eigenvalue weighted by Gasteiger charge is -2.23. The maximum atomic E-state index is 14.9. The van der Waals surface area contributed by atoms with Gasteiger partial charge in [0.2, 0.25) is 0 Å². The molecule has 5 heteroatoms. The minimum Gasteiger partial charge on any atom is -0.486 e. The molecule has 4 nitrogen and oxygen atoms in total. The molecule has 1 aliphatic rings. The van der Waals surface area contributed by atoms with Gasteiger partial charge in [0, 0.05) is 7.05 Å². The standard InChI is InChI=1S/C19H20FNO3/c1-12-10-15-14(8-9-16(15)21(2)19(22)23)17(20)18(12)24-11-13-6-4-3-5-7-13/h3-7,10,16H,8-9,11H2,1-2H3,(H,22,23). The third-order valence-electron chi connectivity index (χ3n) is 4.56. The SMILES string of the molecule is Cc1cc2c(c(F)c1OCc1ccccc1)CCC2N(C)C(=O)O. The fourth-order valence-electron chi connectivity index (χ4n) is 3.25. The Morgan fingerprint density at radius 2 is 2.08 bits per heavy atom. The number of nitrogens with zero attached hydrogens (tertiary/aromatic N) is 1. The molecule has 0 radical (unpaired) electrons. The molecule has 1 atom stereocenters. The molecule has 1 N–H and O–H groups in total. The first-order valence-corrected chi connectivity index (χ1v) is 7.93. The number of hydrogen-bond acceptors (Lipinski definition) is 2. The van der Waals surface area contributed by atoms with E-state index in [1.807, 2.05) is 36.4 Å². The third-order valence-corrected chi connectivity index (χ3v) is 4.56. The van der Waals surface area contributed by atoms with Gasteiger partial charge in [-0.1, -0.05) is 30.3 Å². The van der Waals surface area contributed by atoms with Crippen molar-refractivity contribution in [2.75, 3.05) is 7.05 Å². The van der Waals surface area contributed by atoms with Gasteiger partial charge in [-0.3, -0.25) is 0 Å². The molecular weight excluding hydrogens is 309 g/mol. The second kappa shape index (κ2) is 6.51. The summed E-state index contributed by atoms with van der Waals surface area (Å²) in [4.78, 5) is 12.4. The lowest BCUT2D eigenvalue weighted by molar-refractivity contribution is 0.138. The molecule has 2 aromatic rings. The zero-order valence-electron chi connectivity index (χ0n) is 13.8. The molecule has 1 amide bonds. The number of hydrogen-bond donors (Lipinski definition) is 1. The predicted molar refractivity (Wildman–Crippen MR) is 88.8 cm³/mol. The van der Waals surface area contributed by atoms with E-state index in [1.165, 1.54) is 11.9 Å². The van der Waals surface area contributed by atoms with Gasteiger partial charge in [-0.2, -0.15) is 0 Å². The van der Waals surface area contributed by atoms with Gasteiger partial charge in [-0.15, -0.1) is 0 Å². The van der Waals surface area contributed by atoms with Gasteiger partial charge in [0.25, 0.3) is 0 Å². The van der Waals surface area contributed by atoms with Crippen molar-refractivity contribution in [1.82, 2.24) is 4.90 Å². The van der Waals surface area contributed by atoms with Crippen molar-refractivity contribution in [1.29, 1.82) is 0 Å². The predicted octanol–water partition coefficient (Wildman–Crippen LogP) is 4.31. The smallest absolute Gasteiger partial charge is 0.407 e. The van der Waals surface area contributed by atoms with Crippen LogP contribution >= 0.6 is 0 Å². The van der Waals surface area contributed by atoms with Crippen LogP contribution in [0, 0.1) is 12.7 Å². The largest absolute Gasteiger partial charge is 0.486 e. The number of benzene rings is 2. The summed E-state index contributed by atoms with van der Waals surface area (Å²) in [5.41, 5.74) is 2.98. The van der Waals surface area contributed by atoms with Crippen molar-refractivity contribution in [3.8, 4) is 5.75 Å². The number of carbonyl (C=O) groups is 1. The first-order valence-electron chi connectivity index (χ1n) is 7.93. The van der Waals surface area contributed by atoms with Gasteiger partial charge in [0.15, 0.2) is 11.6 Å². The summed E-state index contributed by atoms with van der Waals surface area (Å²) in [6.07, 6.45) is 0.109. The van der Waals surface area contributed by atoms with Crippen molar-refractivity contribution in [2.45, 2.75) is 32.4 Å². The highest BCUT2D eigenvalue weighted by molar-refractivity contribution is 5.66. The topological polar surface area (TPSA) is 49.8 Å². The van der Waals surface area contributed by atoms with Crippen molar-refractivity contribution in [2.24, 2.45) is 0 Å². The molecule has 1 unspecified atom stereocenters. The molecule has 3 rings (SSSR count). The fraction of sp³-hybridized carbons (Fsp3) is 0.316. The van der Waals surface area contributed by atoms with Crippen LogP contribution in [0.2, 0.25) is 0 Å². The zero-order valence-corrected chi connectivity index (χ0v) is 13.8. The minimum absolute atomic E-state index is 0.260. The van der Waals surface area contributed by atoms with Gasteiger partial charge in [0.1, 0.15) is 6.61 Å². The number of rotatable bonds is 4. The van der Waals surface area contributed by atoms with Crippen molar-refractivity contribution >= 4 is 6.09 Å². The average Bonchev–Trinajstić information content (AvgIpc) is 2.98. The average molecular weight is 329 g/mol. The maximum Gasteiger partial charge on any atom is 0.407 e. The van der Waals surface area contributed by atoms with Crippen LogP contribution in [-0.2, 0) is 13.0 Å². The van der Waals surface area contributed by atoms with Crippen LogP contribution in [0.25, 0.3) is 0 Å². The Kier molecular flexibility index (Phi) is 4.42. The van der Waals surface area contributed by atoms with Gasteiger partial charge in [0.05, 0.1) is 6.04 Å². The number of halogens is 1. The van der Waals surface area contributed by atoms with Crippen molar-refractivity contribution < 1.29 is 19.0 Å². The first-order chi connectivity index (χ1) is 11.5. The Morgan fingerprint density at radius 3 is 2.75 bits per heavy atom. The molecule has 0 fully saturated rings. The summed E-state index contributed by atoms with van der Waals surface area (Å²) in [6.45, 7) is 2.09. The molecule has 0 bridgehead atoms. The van der Waals surface area contributed by atoms with E-state index in [2.05, 4.69) is 0 Å². The van der Waals surface area contributed by atoms with E-state index in [-0.39, 0.29) is 17.6 Å². The summed E-state index contributed by atoms with van der Waals surface area (Å²) in [6, 6.07) is 11.2. The number of aryl methyl sites for hydroxylation is 1. The molecule has 24 heavy (non-hydrogen) atoms. The molecule has 126 valence electrons. The number of carboxylic acid groups (broad SMARTS) is 1. The Bertz CT molecular complexity index is 761. The minimum atomic E-state index is -1.00. The quantitative estimate of drug-likeness (QED) is 0.909. The second-order valence-corrected chi connectivity index (χ2v) is 6.13. The molecule has 1 aliphatic carbocycles. The van der Waals surface area contributed by atoms with E-state index in [0.29, 0.717) is 30.6 Å². The van der Waals surface area contributed by atoms with Crippen molar-refractivity contribution in [3.05, 3.63) is 64.5 Å². The van der Waals surface area contributed by atoms with E-state index in [1.54, 1.807) is 6.92 Å². The monoisotopic (exact) mass is 329 g/mol. The zero-order chi connectivity index (χ0) is 17.3. The molecule has 2 aromatic carbocycles. The van der Waals surface area contributed by atoms with Crippen LogP contribution < -0.4 is 4.74 Å². The normalized spacial score (nSPS) is 15.9. The Labute approximate surface area is 140 Å². The summed E-state index contributed by atoms with van der Waals surface area (Å²) in [7, 11) is 1.52. The van der Waals surface area contributed by atoms with Crippen LogP contribution in [0.15, 0.2) is 36.4 Å². The molecule has 0 heterocycles. The van der Waals surface area contributed by atoms with Crippen LogP contribution in [0.1, 0.15) is 34.7 Å². The molecule has 0 aliphatic heterocycles. The second-order valence-electron chi connectivity index (χ2n) is 6.13. The summed E-state index contributed by atoms with van der Waals surface area (Å²) >= 11 is 0. The molecular formula is C19H20FNO3. The highest BCUT2D eigenvalue weighted by atomic mass is 19.1. The lowest BCUT2D eigenvalue weighted by atomic mass is 10.0. The van der Waals surface area contributed by atoms with Gasteiger partial charge in [-0.05, 0) is 48.1 Å². The Balaban J connectivity index is 1.87. The summed E-state index contributed by atoms with van der Waals surface area (Å²) in [5.74, 6) is -0.0987. The Hall–Kier alpha value is -2.56. The van der Waals surface area contributed by atoms with Crippen LogP contribution in [0.4, 0.5) is 9.18 Å². The molecule has 0 saturated carbocycles. The van der Waals surface area contributed by atoms with E-state index in [0.717, 1.165) is 11.1 Å². The number of amides is 1. The van der Waals surface area contributed by atoms with Gasteiger partial charge < -0.3 is 14.7 Å². The van der Waals surface area contributed by atoms with E-state index >= 15 is 0 Å². The summed E-state index contributed by atoms with van der Waals surface area (Å²) in [5, 5.41) is 9.18. The van der Waals surface area contributed by atoms with Crippen LogP contribution in [0.3, 0.4) is 0 Å². The Morgan fingerprint density at radius 1 is 1.38 bits per heavy atom.